The second kappa shape index (κ2) is 6.56. The van der Waals surface area contributed by atoms with Crippen molar-refractivity contribution in [3.8, 4) is 11.5 Å². The maximum Gasteiger partial charge on any atom is 0.344 e. The fourth-order valence-corrected chi connectivity index (χ4v) is 3.14. The summed E-state index contributed by atoms with van der Waals surface area (Å²) in [6, 6.07) is 19.1. The van der Waals surface area contributed by atoms with Crippen LogP contribution in [0.3, 0.4) is 0 Å². The van der Waals surface area contributed by atoms with Crippen LogP contribution in [0.4, 0.5) is 0 Å². The molecule has 0 saturated carbocycles. The van der Waals surface area contributed by atoms with Gasteiger partial charge in [0.2, 0.25) is 0 Å². The van der Waals surface area contributed by atoms with Crippen LogP contribution in [-0.4, -0.2) is 7.11 Å². The number of hydrogen-bond acceptors (Lipinski definition) is 4. The molecule has 0 saturated heterocycles. The highest BCUT2D eigenvalue weighted by Gasteiger charge is 2.12. The lowest BCUT2D eigenvalue weighted by molar-refractivity contribution is 0.303. The van der Waals surface area contributed by atoms with Gasteiger partial charge in [-0.05, 0) is 48.2 Å². The van der Waals surface area contributed by atoms with Crippen LogP contribution in [0.25, 0.3) is 21.7 Å². The summed E-state index contributed by atoms with van der Waals surface area (Å²) in [6.07, 6.45) is 0. The molecular weight excluding hydrogens is 328 g/mol. The maximum absolute atomic E-state index is 12.3. The summed E-state index contributed by atoms with van der Waals surface area (Å²) in [4.78, 5) is 12.3. The van der Waals surface area contributed by atoms with E-state index in [2.05, 4.69) is 0 Å². The molecule has 0 bridgehead atoms. The van der Waals surface area contributed by atoms with Crippen LogP contribution in [0.1, 0.15) is 11.1 Å². The van der Waals surface area contributed by atoms with E-state index in [1.165, 1.54) is 0 Å². The van der Waals surface area contributed by atoms with Gasteiger partial charge in [-0.3, -0.25) is 0 Å². The third-order valence-corrected chi connectivity index (χ3v) is 4.52. The van der Waals surface area contributed by atoms with E-state index in [9.17, 15) is 4.79 Å². The fraction of sp³-hybridized carbons (Fsp3) is 0.136. The van der Waals surface area contributed by atoms with E-state index in [-0.39, 0.29) is 5.63 Å². The van der Waals surface area contributed by atoms with E-state index in [1.807, 2.05) is 61.5 Å². The van der Waals surface area contributed by atoms with E-state index < -0.39 is 0 Å². The maximum atomic E-state index is 12.3. The van der Waals surface area contributed by atoms with Crippen molar-refractivity contribution in [2.75, 3.05) is 7.11 Å². The van der Waals surface area contributed by atoms with Crippen LogP contribution in [-0.2, 0) is 6.61 Å². The van der Waals surface area contributed by atoms with Crippen molar-refractivity contribution in [3.05, 3.63) is 82.2 Å². The Balaban J connectivity index is 1.73. The first-order valence-corrected chi connectivity index (χ1v) is 8.38. The summed E-state index contributed by atoms with van der Waals surface area (Å²) in [5.74, 6) is 1.48. The molecule has 0 aliphatic rings. The molecule has 26 heavy (non-hydrogen) atoms. The van der Waals surface area contributed by atoms with Crippen molar-refractivity contribution in [1.29, 1.82) is 0 Å². The van der Waals surface area contributed by atoms with Gasteiger partial charge in [0.1, 0.15) is 23.7 Å². The van der Waals surface area contributed by atoms with Gasteiger partial charge in [-0.15, -0.1) is 0 Å². The molecule has 3 aromatic carbocycles. The lowest BCUT2D eigenvalue weighted by atomic mass is 10.0. The Morgan fingerprint density at radius 1 is 0.923 bits per heavy atom. The van der Waals surface area contributed by atoms with E-state index in [0.717, 1.165) is 27.6 Å². The van der Waals surface area contributed by atoms with Crippen molar-refractivity contribution in [1.82, 2.24) is 0 Å². The minimum absolute atomic E-state index is 0.332. The minimum Gasteiger partial charge on any atom is -0.497 e. The Hall–Kier alpha value is -3.27. The van der Waals surface area contributed by atoms with Crippen LogP contribution in [0.5, 0.6) is 11.5 Å². The molecule has 1 heterocycles. The van der Waals surface area contributed by atoms with Crippen molar-refractivity contribution >= 4 is 21.7 Å². The summed E-state index contributed by atoms with van der Waals surface area (Å²) in [5, 5.41) is 2.39. The van der Waals surface area contributed by atoms with Gasteiger partial charge in [-0.25, -0.2) is 4.79 Å². The molecule has 0 aliphatic heterocycles. The van der Waals surface area contributed by atoms with Gasteiger partial charge in [0.15, 0.2) is 0 Å². The van der Waals surface area contributed by atoms with Gasteiger partial charge >= 0.3 is 5.63 Å². The van der Waals surface area contributed by atoms with Crippen molar-refractivity contribution in [3.63, 3.8) is 0 Å². The largest absolute Gasteiger partial charge is 0.497 e. The smallest absolute Gasteiger partial charge is 0.344 e. The number of aryl methyl sites for hydroxylation is 1. The highest BCUT2D eigenvalue weighted by molar-refractivity contribution is 6.05. The lowest BCUT2D eigenvalue weighted by Gasteiger charge is -2.12. The molecule has 4 nitrogen and oxygen atoms in total. The predicted molar refractivity (Wildman–Crippen MR) is 102 cm³/mol. The average molecular weight is 346 g/mol. The van der Waals surface area contributed by atoms with E-state index in [1.54, 1.807) is 13.2 Å². The predicted octanol–water partition coefficient (Wildman–Crippen LogP) is 4.84. The molecule has 4 aromatic rings. The molecule has 0 N–H and O–H groups in total. The molecule has 0 spiro atoms. The second-order valence-corrected chi connectivity index (χ2v) is 6.14. The van der Waals surface area contributed by atoms with E-state index in [0.29, 0.717) is 23.3 Å². The number of rotatable bonds is 4. The molecule has 1 aromatic heterocycles. The van der Waals surface area contributed by atoms with Gasteiger partial charge < -0.3 is 13.9 Å². The number of methoxy groups -OCH3 is 1. The molecule has 0 unspecified atom stereocenters. The Bertz CT molecular complexity index is 1160. The Labute approximate surface area is 150 Å². The summed E-state index contributed by atoms with van der Waals surface area (Å²) in [5.41, 5.74) is 2.05. The molecule has 0 fully saturated rings. The zero-order chi connectivity index (χ0) is 18.1. The number of benzene rings is 3. The Morgan fingerprint density at radius 2 is 1.73 bits per heavy atom. The lowest BCUT2D eigenvalue weighted by Crippen LogP contribution is -2.02. The van der Waals surface area contributed by atoms with Gasteiger partial charge in [0, 0.05) is 10.9 Å². The number of fused-ring (bicyclic) bond motifs is 3. The van der Waals surface area contributed by atoms with Crippen molar-refractivity contribution in [2.24, 2.45) is 0 Å². The summed E-state index contributed by atoms with van der Waals surface area (Å²) >= 11 is 0. The van der Waals surface area contributed by atoms with Gasteiger partial charge in [0.25, 0.3) is 0 Å². The summed E-state index contributed by atoms with van der Waals surface area (Å²) in [6.45, 7) is 2.31. The van der Waals surface area contributed by atoms with E-state index in [4.69, 9.17) is 13.9 Å². The van der Waals surface area contributed by atoms with Crippen LogP contribution >= 0.6 is 0 Å². The third kappa shape index (κ3) is 2.80. The Kier molecular flexibility index (Phi) is 4.09. The summed E-state index contributed by atoms with van der Waals surface area (Å²) < 4.78 is 16.8. The number of hydrogen-bond donors (Lipinski definition) is 0. The van der Waals surface area contributed by atoms with Gasteiger partial charge in [-0.2, -0.15) is 0 Å². The zero-order valence-corrected chi connectivity index (χ0v) is 14.6. The van der Waals surface area contributed by atoms with Crippen molar-refractivity contribution in [2.45, 2.75) is 13.5 Å². The Morgan fingerprint density at radius 3 is 2.54 bits per heavy atom. The molecule has 4 heteroatoms. The molecule has 0 radical (unpaired) electrons. The third-order valence-electron chi connectivity index (χ3n) is 4.52. The van der Waals surface area contributed by atoms with Gasteiger partial charge in [0.05, 0.1) is 12.5 Å². The first kappa shape index (κ1) is 16.2. The molecule has 0 aliphatic carbocycles. The monoisotopic (exact) mass is 346 g/mol. The topological polar surface area (TPSA) is 48.7 Å². The highest BCUT2D eigenvalue weighted by atomic mass is 16.5. The highest BCUT2D eigenvalue weighted by Crippen LogP contribution is 2.31. The van der Waals surface area contributed by atoms with Crippen LogP contribution in [0, 0.1) is 6.92 Å². The quantitative estimate of drug-likeness (QED) is 0.392. The standard InChI is InChI=1S/C22H18O4/c1-14-20(25-13-15-6-5-7-16(12-15)24-2)11-10-18-17-8-3-4-9-19(17)22(23)26-21(14)18/h3-12H,13H2,1-2H3. The first-order valence-electron chi connectivity index (χ1n) is 8.38. The normalized spacial score (nSPS) is 11.0. The molecule has 0 amide bonds. The fourth-order valence-electron chi connectivity index (χ4n) is 3.14. The second-order valence-electron chi connectivity index (χ2n) is 6.14. The SMILES string of the molecule is COc1cccc(COc2ccc3c(oc(=O)c4ccccc43)c2C)c1. The molecular formula is C22H18O4. The molecule has 4 rings (SSSR count). The molecule has 0 atom stereocenters. The zero-order valence-electron chi connectivity index (χ0n) is 14.6. The average Bonchev–Trinajstić information content (AvgIpc) is 2.68. The van der Waals surface area contributed by atoms with Crippen LogP contribution < -0.4 is 15.1 Å². The van der Waals surface area contributed by atoms with Crippen LogP contribution in [0.15, 0.2) is 69.9 Å². The number of ether oxygens (including phenoxy) is 2. The minimum atomic E-state index is -0.332. The van der Waals surface area contributed by atoms with E-state index >= 15 is 0 Å². The first-order chi connectivity index (χ1) is 12.7. The summed E-state index contributed by atoms with van der Waals surface area (Å²) in [7, 11) is 1.64. The van der Waals surface area contributed by atoms with Crippen molar-refractivity contribution < 1.29 is 13.9 Å². The van der Waals surface area contributed by atoms with Gasteiger partial charge in [-0.1, -0.05) is 30.3 Å². The molecule has 130 valence electrons. The van der Waals surface area contributed by atoms with Crippen LogP contribution in [0.2, 0.25) is 0 Å².